The molecule has 0 aromatic heterocycles. The van der Waals surface area contributed by atoms with Crippen LogP contribution in [0.25, 0.3) is 11.1 Å². The van der Waals surface area contributed by atoms with Crippen LogP contribution in [-0.4, -0.2) is 41.6 Å². The summed E-state index contributed by atoms with van der Waals surface area (Å²) in [6.07, 6.45) is 5.65. The first-order valence-electron chi connectivity index (χ1n) is 13.2. The van der Waals surface area contributed by atoms with E-state index in [1.165, 1.54) is 46.2 Å². The van der Waals surface area contributed by atoms with Gasteiger partial charge in [0.05, 0.1) is 6.04 Å². The van der Waals surface area contributed by atoms with Crippen molar-refractivity contribution in [1.29, 1.82) is 0 Å². The number of carboxylic acid groups (broad SMARTS) is 1. The summed E-state index contributed by atoms with van der Waals surface area (Å²) >= 11 is 0. The van der Waals surface area contributed by atoms with Gasteiger partial charge in [0.15, 0.2) is 0 Å². The molecule has 2 aromatic rings. The zero-order valence-corrected chi connectivity index (χ0v) is 21.3. The Hall–Kier alpha value is -2.33. The van der Waals surface area contributed by atoms with E-state index in [4.69, 9.17) is 0 Å². The number of carbonyl (C=O) groups excluding carboxylic acids is 1. The molecule has 0 saturated carbocycles. The second-order valence-electron chi connectivity index (χ2n) is 11.6. The summed E-state index contributed by atoms with van der Waals surface area (Å²) in [5, 5.41) is 12.6. The number of nitrogens with zero attached hydrogens (tertiary/aromatic N) is 2. The van der Waals surface area contributed by atoms with Crippen molar-refractivity contribution in [3.63, 3.8) is 0 Å². The molecule has 0 spiro atoms. The van der Waals surface area contributed by atoms with Crippen LogP contribution >= 0.6 is 0 Å². The van der Waals surface area contributed by atoms with Crippen molar-refractivity contribution in [3.8, 4) is 11.1 Å². The fraction of sp³-hybridized carbons (Fsp3) is 0.567. The summed E-state index contributed by atoms with van der Waals surface area (Å²) < 4.78 is 0. The average molecular weight is 460 g/mol. The van der Waals surface area contributed by atoms with E-state index < -0.39 is 6.09 Å². The van der Waals surface area contributed by atoms with Gasteiger partial charge in [-0.2, -0.15) is 0 Å². The van der Waals surface area contributed by atoms with Gasteiger partial charge in [-0.3, -0.25) is 0 Å². The molecule has 3 saturated heterocycles. The molecule has 4 nitrogen and oxygen atoms in total. The predicted molar refractivity (Wildman–Crippen MR) is 136 cm³/mol. The predicted octanol–water partition coefficient (Wildman–Crippen LogP) is 5.37. The largest absolute Gasteiger partial charge is 0.530 e. The SMILES string of the molecule is CCCCc1ccc(-c2cc3c(cc2C)[C@H](N(C(=O)[O-])[C@@H]2CN4CCC2CC4)C(C)(C)C3)cc1. The Kier molecular flexibility index (Phi) is 6.22. The highest BCUT2D eigenvalue weighted by Crippen LogP contribution is 2.52. The zero-order valence-electron chi connectivity index (χ0n) is 21.3. The maximum absolute atomic E-state index is 12.6. The van der Waals surface area contributed by atoms with Gasteiger partial charge in [-0.1, -0.05) is 63.6 Å². The minimum absolute atomic E-state index is 0.0402. The molecule has 1 aliphatic carbocycles. The highest BCUT2D eigenvalue weighted by molar-refractivity contribution is 5.71. The van der Waals surface area contributed by atoms with E-state index in [1.807, 2.05) is 0 Å². The van der Waals surface area contributed by atoms with E-state index in [9.17, 15) is 9.90 Å². The van der Waals surface area contributed by atoms with Gasteiger partial charge in [-0.05, 0) is 96.8 Å². The smallest absolute Gasteiger partial charge is 0.137 e. The van der Waals surface area contributed by atoms with Gasteiger partial charge >= 0.3 is 0 Å². The molecule has 2 atom stereocenters. The second-order valence-corrected chi connectivity index (χ2v) is 11.6. The molecule has 6 rings (SSSR count). The van der Waals surface area contributed by atoms with E-state index in [0.717, 1.165) is 45.3 Å². The summed E-state index contributed by atoms with van der Waals surface area (Å²) in [6, 6.07) is 13.5. The van der Waals surface area contributed by atoms with Crippen LogP contribution in [0.15, 0.2) is 36.4 Å². The summed E-state index contributed by atoms with van der Waals surface area (Å²) in [7, 11) is 0. The first kappa shape index (κ1) is 23.4. The summed E-state index contributed by atoms with van der Waals surface area (Å²) in [5.74, 6) is 0.453. The maximum atomic E-state index is 12.6. The lowest BCUT2D eigenvalue weighted by Gasteiger charge is -2.53. The lowest BCUT2D eigenvalue weighted by molar-refractivity contribution is -0.276. The van der Waals surface area contributed by atoms with Crippen molar-refractivity contribution in [3.05, 3.63) is 58.7 Å². The molecule has 34 heavy (non-hydrogen) atoms. The topological polar surface area (TPSA) is 46.6 Å². The Balaban J connectivity index is 1.49. The number of hydrogen-bond acceptors (Lipinski definition) is 3. The molecule has 182 valence electrons. The molecule has 0 N–H and O–H groups in total. The molecule has 3 fully saturated rings. The number of hydrogen-bond donors (Lipinski definition) is 0. The van der Waals surface area contributed by atoms with Crippen LogP contribution in [0, 0.1) is 18.3 Å². The van der Waals surface area contributed by atoms with Gasteiger partial charge in [0.25, 0.3) is 0 Å². The van der Waals surface area contributed by atoms with E-state index in [-0.39, 0.29) is 17.5 Å². The molecule has 4 aliphatic rings. The molecule has 1 amide bonds. The number of fused-ring (bicyclic) bond motifs is 4. The van der Waals surface area contributed by atoms with Crippen LogP contribution < -0.4 is 5.11 Å². The third-order valence-electron chi connectivity index (χ3n) is 8.72. The van der Waals surface area contributed by atoms with Crippen LogP contribution in [0.3, 0.4) is 0 Å². The highest BCUT2D eigenvalue weighted by Gasteiger charge is 2.48. The van der Waals surface area contributed by atoms with Gasteiger partial charge in [0, 0.05) is 12.6 Å². The third-order valence-corrected chi connectivity index (χ3v) is 8.72. The van der Waals surface area contributed by atoms with Gasteiger partial charge in [0.2, 0.25) is 0 Å². The summed E-state index contributed by atoms with van der Waals surface area (Å²) in [4.78, 5) is 16.8. The first-order chi connectivity index (χ1) is 16.3. The first-order valence-corrected chi connectivity index (χ1v) is 13.2. The number of rotatable bonds is 6. The molecule has 0 unspecified atom stereocenters. The van der Waals surface area contributed by atoms with Gasteiger partial charge in [-0.15, -0.1) is 0 Å². The Morgan fingerprint density at radius 2 is 1.85 bits per heavy atom. The molecule has 2 aromatic carbocycles. The lowest BCUT2D eigenvalue weighted by Crippen LogP contribution is -2.62. The van der Waals surface area contributed by atoms with Crippen molar-refractivity contribution in [2.75, 3.05) is 19.6 Å². The highest BCUT2D eigenvalue weighted by atomic mass is 16.4. The van der Waals surface area contributed by atoms with Crippen molar-refractivity contribution in [1.82, 2.24) is 9.80 Å². The quantitative estimate of drug-likeness (QED) is 0.584. The van der Waals surface area contributed by atoms with Crippen LogP contribution in [0.2, 0.25) is 0 Å². The zero-order chi connectivity index (χ0) is 24.0. The molecule has 3 heterocycles. The Bertz CT molecular complexity index is 1050. The van der Waals surface area contributed by atoms with Crippen molar-refractivity contribution < 1.29 is 9.90 Å². The van der Waals surface area contributed by atoms with Crippen LogP contribution in [-0.2, 0) is 12.8 Å². The van der Waals surface area contributed by atoms with E-state index in [2.05, 4.69) is 69.0 Å². The lowest BCUT2D eigenvalue weighted by atomic mass is 9.79. The standard InChI is InChI=1S/C30H40N2O2/c1-5-6-7-21-8-10-22(11-9-21)25-17-24-18-30(3,4)28(26(24)16-20(25)2)32(29(33)34)27-19-31-14-12-23(27)13-15-31/h8-11,16-17,23,27-28H,5-7,12-15,18-19H2,1-4H3,(H,33,34)/p-1/t27-,28+/m1/s1. The fourth-order valence-electron chi connectivity index (χ4n) is 6.94. The number of piperidine rings is 3. The number of aryl methyl sites for hydroxylation is 2. The minimum atomic E-state index is -1.01. The molecule has 3 aliphatic heterocycles. The molecule has 0 radical (unpaired) electrons. The monoisotopic (exact) mass is 459 g/mol. The van der Waals surface area contributed by atoms with E-state index >= 15 is 0 Å². The van der Waals surface area contributed by atoms with Crippen LogP contribution in [0.5, 0.6) is 0 Å². The van der Waals surface area contributed by atoms with Crippen LogP contribution in [0.1, 0.15) is 74.8 Å². The van der Waals surface area contributed by atoms with Gasteiger partial charge in [-0.25, -0.2) is 0 Å². The second kappa shape index (κ2) is 9.03. The number of unbranched alkanes of at least 4 members (excludes halogenated alkanes) is 1. The number of benzene rings is 2. The summed E-state index contributed by atoms with van der Waals surface area (Å²) in [6.45, 7) is 11.9. The van der Waals surface area contributed by atoms with Crippen molar-refractivity contribution >= 4 is 6.09 Å². The van der Waals surface area contributed by atoms with Crippen LogP contribution in [0.4, 0.5) is 4.79 Å². The minimum Gasteiger partial charge on any atom is -0.530 e. The Morgan fingerprint density at radius 3 is 2.44 bits per heavy atom. The van der Waals surface area contributed by atoms with E-state index in [0.29, 0.717) is 5.92 Å². The molecule has 2 bridgehead atoms. The van der Waals surface area contributed by atoms with E-state index in [1.54, 1.807) is 4.90 Å². The molecular formula is C30H39N2O2-. The normalized spacial score (nSPS) is 26.9. The molecule has 4 heteroatoms. The fourth-order valence-corrected chi connectivity index (χ4v) is 6.94. The van der Waals surface area contributed by atoms with Gasteiger partial charge < -0.3 is 19.7 Å². The third kappa shape index (κ3) is 4.15. The number of carbonyl (C=O) groups is 1. The average Bonchev–Trinajstić information content (AvgIpc) is 3.07. The maximum Gasteiger partial charge on any atom is 0.137 e. The number of amides is 1. The van der Waals surface area contributed by atoms with Gasteiger partial charge in [0.1, 0.15) is 6.09 Å². The molecular weight excluding hydrogens is 420 g/mol. The van der Waals surface area contributed by atoms with Crippen molar-refractivity contribution in [2.45, 2.75) is 78.3 Å². The Labute approximate surface area is 205 Å². The van der Waals surface area contributed by atoms with Crippen molar-refractivity contribution in [2.24, 2.45) is 11.3 Å². The Morgan fingerprint density at radius 1 is 1.15 bits per heavy atom. The summed E-state index contributed by atoms with van der Waals surface area (Å²) in [5.41, 5.74) is 7.44.